The Morgan fingerprint density at radius 2 is 1.83 bits per heavy atom. The summed E-state index contributed by atoms with van der Waals surface area (Å²) >= 11 is 1.26. The first-order valence-corrected chi connectivity index (χ1v) is 14.6. The summed E-state index contributed by atoms with van der Waals surface area (Å²) in [6.07, 6.45) is 3.07. The van der Waals surface area contributed by atoms with E-state index in [1.807, 2.05) is 51.1 Å². The first-order chi connectivity index (χ1) is 19.6. The third kappa shape index (κ3) is 7.78. The highest BCUT2D eigenvalue weighted by Crippen LogP contribution is 2.21. The van der Waals surface area contributed by atoms with Gasteiger partial charge in [0.1, 0.15) is 29.3 Å². The molecule has 1 aromatic carbocycles. The molecular formula is C29H36N6O5S. The van der Waals surface area contributed by atoms with Crippen LogP contribution in [-0.2, 0) is 16.0 Å². The molecule has 0 radical (unpaired) electrons. The maximum Gasteiger partial charge on any atom is 0.273 e. The first kappa shape index (κ1) is 29.9. The molecule has 4 N–H and O–H groups in total. The highest BCUT2D eigenvalue weighted by atomic mass is 32.1. The van der Waals surface area contributed by atoms with E-state index in [0.29, 0.717) is 42.8 Å². The van der Waals surface area contributed by atoms with Crippen LogP contribution in [0.25, 0.3) is 0 Å². The van der Waals surface area contributed by atoms with E-state index in [1.54, 1.807) is 6.92 Å². The molecule has 0 unspecified atom stereocenters. The molecule has 218 valence electrons. The van der Waals surface area contributed by atoms with Crippen molar-refractivity contribution in [3.05, 3.63) is 69.3 Å². The van der Waals surface area contributed by atoms with Crippen molar-refractivity contribution < 1.29 is 23.6 Å². The number of rotatable bonds is 5. The summed E-state index contributed by atoms with van der Waals surface area (Å²) in [5.41, 5.74) is 1.64. The zero-order valence-electron chi connectivity index (χ0n) is 23.7. The number of nitrogens with zero attached hydrogens (tertiary/aromatic N) is 2. The van der Waals surface area contributed by atoms with Crippen molar-refractivity contribution in [1.82, 2.24) is 31.2 Å². The Bertz CT molecular complexity index is 1390. The first-order valence-electron chi connectivity index (χ1n) is 13.8. The quantitative estimate of drug-likeness (QED) is 0.362. The molecule has 2 aromatic heterocycles. The minimum Gasteiger partial charge on any atom is -0.446 e. The van der Waals surface area contributed by atoms with Crippen LogP contribution >= 0.6 is 11.3 Å². The third-order valence-electron chi connectivity index (χ3n) is 6.84. The van der Waals surface area contributed by atoms with Crippen LogP contribution in [0, 0.1) is 19.8 Å². The topological polar surface area (TPSA) is 155 Å². The average molecular weight is 581 g/mol. The number of fused-ring (bicyclic) bond motifs is 2. The van der Waals surface area contributed by atoms with Crippen molar-refractivity contribution >= 4 is 35.0 Å². The van der Waals surface area contributed by atoms with Crippen molar-refractivity contribution in [2.45, 2.75) is 71.5 Å². The Morgan fingerprint density at radius 3 is 2.51 bits per heavy atom. The fourth-order valence-corrected chi connectivity index (χ4v) is 5.48. The Balaban J connectivity index is 1.60. The molecular weight excluding hydrogens is 544 g/mol. The van der Waals surface area contributed by atoms with Crippen molar-refractivity contribution in [3.63, 3.8) is 0 Å². The van der Waals surface area contributed by atoms with Gasteiger partial charge in [-0.3, -0.25) is 19.2 Å². The SMILES string of the molecule is Cc1nc(C)c(C(=O)N[C@H]2CCCCNC(=O)c3coc(n3)[C@@H](Cc3ccccc3)NC(=O)[C@H](C(C)C)NC2=O)s1. The highest BCUT2D eigenvalue weighted by molar-refractivity contribution is 7.13. The van der Waals surface area contributed by atoms with Gasteiger partial charge < -0.3 is 25.7 Å². The van der Waals surface area contributed by atoms with Crippen molar-refractivity contribution in [2.75, 3.05) is 6.54 Å². The molecule has 12 heteroatoms. The molecule has 3 heterocycles. The van der Waals surface area contributed by atoms with Gasteiger partial charge in [-0.05, 0) is 44.6 Å². The van der Waals surface area contributed by atoms with E-state index in [9.17, 15) is 19.2 Å². The lowest BCUT2D eigenvalue weighted by atomic mass is 10.00. The van der Waals surface area contributed by atoms with Crippen LogP contribution in [0.3, 0.4) is 0 Å². The number of aromatic nitrogens is 2. The smallest absolute Gasteiger partial charge is 0.273 e. The number of nitrogens with one attached hydrogen (secondary N) is 4. The molecule has 0 saturated carbocycles. The monoisotopic (exact) mass is 580 g/mol. The molecule has 11 nitrogen and oxygen atoms in total. The second-order valence-corrected chi connectivity index (χ2v) is 11.7. The van der Waals surface area contributed by atoms with E-state index in [2.05, 4.69) is 31.2 Å². The third-order valence-corrected chi connectivity index (χ3v) is 7.91. The number of hydrogen-bond donors (Lipinski definition) is 4. The van der Waals surface area contributed by atoms with Gasteiger partial charge in [0.25, 0.3) is 11.8 Å². The second kappa shape index (κ2) is 13.5. The average Bonchev–Trinajstić information content (AvgIpc) is 3.56. The number of carbonyl (C=O) groups is 4. The van der Waals surface area contributed by atoms with Crippen LogP contribution in [0.1, 0.15) is 81.5 Å². The number of carbonyl (C=O) groups excluding carboxylic acids is 4. The molecule has 41 heavy (non-hydrogen) atoms. The molecule has 4 rings (SSSR count). The number of aryl methyl sites for hydroxylation is 2. The molecule has 0 fully saturated rings. The molecule has 3 atom stereocenters. The minimum absolute atomic E-state index is 0.119. The van der Waals surface area contributed by atoms with E-state index in [-0.39, 0.29) is 23.4 Å². The van der Waals surface area contributed by atoms with Crippen LogP contribution in [0.15, 0.2) is 41.0 Å². The van der Waals surface area contributed by atoms with E-state index >= 15 is 0 Å². The maximum atomic E-state index is 13.6. The summed E-state index contributed by atoms with van der Waals surface area (Å²) < 4.78 is 5.65. The van der Waals surface area contributed by atoms with Gasteiger partial charge in [-0.15, -0.1) is 11.3 Å². The van der Waals surface area contributed by atoms with Crippen molar-refractivity contribution in [1.29, 1.82) is 0 Å². The van der Waals surface area contributed by atoms with Gasteiger partial charge in [-0.25, -0.2) is 9.97 Å². The molecule has 0 saturated heterocycles. The van der Waals surface area contributed by atoms with Gasteiger partial charge in [0.05, 0.1) is 10.7 Å². The Kier molecular flexibility index (Phi) is 9.87. The number of amides is 4. The zero-order chi connectivity index (χ0) is 29.5. The summed E-state index contributed by atoms with van der Waals surface area (Å²) in [6.45, 7) is 7.59. The van der Waals surface area contributed by atoms with Crippen molar-refractivity contribution in [2.24, 2.45) is 5.92 Å². The molecule has 0 spiro atoms. The Labute approximate surface area is 242 Å². The van der Waals surface area contributed by atoms with E-state index in [1.165, 1.54) is 17.6 Å². The van der Waals surface area contributed by atoms with Crippen LogP contribution in [0.5, 0.6) is 0 Å². The van der Waals surface area contributed by atoms with Crippen molar-refractivity contribution in [3.8, 4) is 0 Å². The maximum absolute atomic E-state index is 13.6. The number of oxazole rings is 1. The normalized spacial score (nSPS) is 20.7. The number of benzene rings is 1. The fraction of sp³-hybridized carbons (Fsp3) is 0.448. The van der Waals surface area contributed by atoms with Gasteiger partial charge in [0, 0.05) is 13.0 Å². The highest BCUT2D eigenvalue weighted by Gasteiger charge is 2.32. The summed E-state index contributed by atoms with van der Waals surface area (Å²) in [6, 6.07) is 7.05. The van der Waals surface area contributed by atoms with Crippen LogP contribution in [-0.4, -0.2) is 52.2 Å². The van der Waals surface area contributed by atoms with E-state index in [0.717, 1.165) is 10.6 Å². The standard InChI is InChI=1S/C29H36N6O5S/c1-16(2)23-27(38)33-21(14-19-10-6-5-7-11-19)29-34-22(15-40-29)25(36)30-13-9-8-12-20(26(37)35-23)32-28(39)24-17(3)31-18(4)41-24/h5-7,10-11,15-16,20-21,23H,8-9,12-14H2,1-4H3,(H,30,36)(H,32,39)(H,33,38)(H,35,37)/t20-,21+,23-/m0/s1. The van der Waals surface area contributed by atoms with Gasteiger partial charge in [0.15, 0.2) is 5.69 Å². The predicted octanol–water partition coefficient (Wildman–Crippen LogP) is 3.00. The lowest BCUT2D eigenvalue weighted by Crippen LogP contribution is -2.56. The summed E-state index contributed by atoms with van der Waals surface area (Å²) in [4.78, 5) is 62.0. The fourth-order valence-electron chi connectivity index (χ4n) is 4.65. The van der Waals surface area contributed by atoms with Gasteiger partial charge in [-0.2, -0.15) is 0 Å². The predicted molar refractivity (Wildman–Crippen MR) is 153 cm³/mol. The molecule has 4 amide bonds. The lowest BCUT2D eigenvalue weighted by molar-refractivity contribution is -0.131. The van der Waals surface area contributed by atoms with Gasteiger partial charge in [0.2, 0.25) is 17.7 Å². The summed E-state index contributed by atoms with van der Waals surface area (Å²) in [5, 5.41) is 12.2. The zero-order valence-corrected chi connectivity index (χ0v) is 24.5. The summed E-state index contributed by atoms with van der Waals surface area (Å²) in [7, 11) is 0. The largest absolute Gasteiger partial charge is 0.446 e. The van der Waals surface area contributed by atoms with Crippen LogP contribution < -0.4 is 21.3 Å². The van der Waals surface area contributed by atoms with E-state index < -0.39 is 35.8 Å². The Morgan fingerprint density at radius 1 is 1.07 bits per heavy atom. The van der Waals surface area contributed by atoms with Gasteiger partial charge in [-0.1, -0.05) is 44.2 Å². The van der Waals surface area contributed by atoms with E-state index in [4.69, 9.17) is 4.42 Å². The molecule has 0 aliphatic carbocycles. The van der Waals surface area contributed by atoms with Gasteiger partial charge >= 0.3 is 0 Å². The Hall–Kier alpha value is -4.06. The lowest BCUT2D eigenvalue weighted by Gasteiger charge is -2.27. The molecule has 3 aromatic rings. The summed E-state index contributed by atoms with van der Waals surface area (Å²) in [5.74, 6) is -1.74. The van der Waals surface area contributed by atoms with Crippen LogP contribution in [0.2, 0.25) is 0 Å². The minimum atomic E-state index is -0.891. The number of thiazole rings is 1. The molecule has 1 aliphatic heterocycles. The van der Waals surface area contributed by atoms with Crippen LogP contribution in [0.4, 0.5) is 0 Å². The molecule has 1 aliphatic rings. The molecule has 2 bridgehead atoms. The number of hydrogen-bond acceptors (Lipinski definition) is 8. The second-order valence-electron chi connectivity index (χ2n) is 10.5.